The number of nitrogens with one attached hydrogen (secondary N) is 1. The van der Waals surface area contributed by atoms with Gasteiger partial charge in [0.25, 0.3) is 5.91 Å². The fourth-order valence-electron chi connectivity index (χ4n) is 3.10. The number of hydrogen-bond donors (Lipinski definition) is 1. The van der Waals surface area contributed by atoms with E-state index in [1.807, 2.05) is 0 Å². The van der Waals surface area contributed by atoms with Crippen LogP contribution in [-0.2, 0) is 10.5 Å². The van der Waals surface area contributed by atoms with E-state index < -0.39 is 5.67 Å². The van der Waals surface area contributed by atoms with E-state index in [1.54, 1.807) is 48.5 Å². The molecule has 2 amide bonds. The van der Waals surface area contributed by atoms with Crippen molar-refractivity contribution >= 4 is 29.1 Å². The summed E-state index contributed by atoms with van der Waals surface area (Å²) < 4.78 is 15.4. The smallest absolute Gasteiger partial charge is 0.254 e. The monoisotopic (exact) mass is 372 g/mol. The molecule has 1 aliphatic heterocycles. The van der Waals surface area contributed by atoms with Gasteiger partial charge in [0.1, 0.15) is 0 Å². The molecule has 3 rings (SSSR count). The van der Waals surface area contributed by atoms with Crippen molar-refractivity contribution in [2.45, 2.75) is 12.1 Å². The van der Waals surface area contributed by atoms with E-state index in [4.69, 9.17) is 11.6 Å². The number of amides is 2. The van der Waals surface area contributed by atoms with Gasteiger partial charge in [-0.15, -0.1) is 0 Å². The third-order valence-corrected chi connectivity index (χ3v) is 4.76. The molecule has 0 bridgehead atoms. The fourth-order valence-corrected chi connectivity index (χ4v) is 3.40. The molecule has 0 radical (unpaired) electrons. The first kappa shape index (κ1) is 18.1. The average Bonchev–Trinajstić information content (AvgIpc) is 3.04. The van der Waals surface area contributed by atoms with Gasteiger partial charge in [0, 0.05) is 34.8 Å². The minimum atomic E-state index is -1.66. The largest absolute Gasteiger partial charge is 0.335 e. The Balaban J connectivity index is 1.78. The number of hydrogen-bond acceptors (Lipinski definition) is 2. The second kappa shape index (κ2) is 7.30. The molecule has 1 atom stereocenters. The van der Waals surface area contributed by atoms with Gasteiger partial charge in [0.2, 0.25) is 5.91 Å². The first-order valence-corrected chi connectivity index (χ1v) is 8.57. The molecule has 1 aliphatic rings. The number of rotatable bonds is 4. The summed E-state index contributed by atoms with van der Waals surface area (Å²) in [5.74, 6) is -0.649. The molecule has 26 heavy (non-hydrogen) atoms. The number of likely N-dealkylation sites (tertiary alicyclic amines) is 1. The van der Waals surface area contributed by atoms with Gasteiger partial charge in [-0.1, -0.05) is 42.4 Å². The Bertz CT molecular complexity index is 870. The molecule has 0 saturated carbocycles. The lowest BCUT2D eigenvalue weighted by atomic mass is 9.95. The van der Waals surface area contributed by atoms with E-state index in [0.29, 0.717) is 28.4 Å². The van der Waals surface area contributed by atoms with E-state index in [-0.39, 0.29) is 24.8 Å². The van der Waals surface area contributed by atoms with Crippen LogP contribution in [0.3, 0.4) is 0 Å². The predicted octanol–water partition coefficient (Wildman–Crippen LogP) is 4.18. The summed E-state index contributed by atoms with van der Waals surface area (Å²) in [6.45, 7) is 3.63. The molecule has 134 valence electrons. The van der Waals surface area contributed by atoms with Crippen molar-refractivity contribution < 1.29 is 14.0 Å². The van der Waals surface area contributed by atoms with E-state index in [2.05, 4.69) is 11.9 Å². The highest BCUT2D eigenvalue weighted by Crippen LogP contribution is 2.39. The van der Waals surface area contributed by atoms with Crippen LogP contribution >= 0.6 is 11.6 Å². The molecule has 0 aromatic heterocycles. The van der Waals surface area contributed by atoms with Gasteiger partial charge in [-0.05, 0) is 30.3 Å². The number of anilines is 1. The lowest BCUT2D eigenvalue weighted by molar-refractivity contribution is -0.111. The van der Waals surface area contributed by atoms with Gasteiger partial charge in [0.15, 0.2) is 5.67 Å². The molecule has 1 unspecified atom stereocenters. The topological polar surface area (TPSA) is 49.4 Å². The molecular weight excluding hydrogens is 355 g/mol. The van der Waals surface area contributed by atoms with Gasteiger partial charge in [-0.2, -0.15) is 0 Å². The predicted molar refractivity (Wildman–Crippen MR) is 100 cm³/mol. The van der Waals surface area contributed by atoms with Crippen molar-refractivity contribution in [3.8, 4) is 0 Å². The van der Waals surface area contributed by atoms with Crippen LogP contribution in [0.1, 0.15) is 22.3 Å². The van der Waals surface area contributed by atoms with Crippen LogP contribution in [0.15, 0.2) is 61.2 Å². The Morgan fingerprint density at radius 3 is 2.73 bits per heavy atom. The summed E-state index contributed by atoms with van der Waals surface area (Å²) in [4.78, 5) is 25.6. The SMILES string of the molecule is C=CC(=O)Nc1cccc(C(=O)N2CCC(F)(c3ccccc3Cl)C2)c1. The minimum absolute atomic E-state index is 0.0567. The van der Waals surface area contributed by atoms with Crippen molar-refractivity contribution in [3.05, 3.63) is 77.3 Å². The van der Waals surface area contributed by atoms with Crippen molar-refractivity contribution in [1.82, 2.24) is 4.90 Å². The molecule has 0 aliphatic carbocycles. The molecule has 2 aromatic rings. The quantitative estimate of drug-likeness (QED) is 0.819. The third-order valence-electron chi connectivity index (χ3n) is 4.43. The van der Waals surface area contributed by atoms with Crippen LogP contribution < -0.4 is 5.32 Å². The Morgan fingerprint density at radius 2 is 2.00 bits per heavy atom. The normalized spacial score (nSPS) is 19.2. The summed E-state index contributed by atoms with van der Waals surface area (Å²) in [5, 5.41) is 2.97. The number of carbonyl (C=O) groups excluding carboxylic acids is 2. The maximum atomic E-state index is 15.4. The standard InChI is InChI=1S/C20H18ClFN2O2/c1-2-18(25)23-15-7-5-6-14(12-15)19(26)24-11-10-20(22,13-24)16-8-3-4-9-17(16)21/h2-9,12H,1,10-11,13H2,(H,23,25). The highest BCUT2D eigenvalue weighted by atomic mass is 35.5. The minimum Gasteiger partial charge on any atom is -0.335 e. The molecule has 1 N–H and O–H groups in total. The summed E-state index contributed by atoms with van der Waals surface area (Å²) in [7, 11) is 0. The number of benzene rings is 2. The van der Waals surface area contributed by atoms with Gasteiger partial charge in [-0.25, -0.2) is 4.39 Å². The highest BCUT2D eigenvalue weighted by molar-refractivity contribution is 6.31. The maximum absolute atomic E-state index is 15.4. The molecule has 1 heterocycles. The number of halogens is 2. The lowest BCUT2D eigenvalue weighted by Crippen LogP contribution is -2.32. The molecular formula is C20H18ClFN2O2. The second-order valence-corrected chi connectivity index (χ2v) is 6.60. The lowest BCUT2D eigenvalue weighted by Gasteiger charge is -2.22. The maximum Gasteiger partial charge on any atom is 0.254 e. The first-order valence-electron chi connectivity index (χ1n) is 8.20. The van der Waals surface area contributed by atoms with Gasteiger partial charge < -0.3 is 10.2 Å². The van der Waals surface area contributed by atoms with Gasteiger partial charge in [-0.3, -0.25) is 9.59 Å². The first-order chi connectivity index (χ1) is 12.4. The Labute approximate surface area is 156 Å². The highest BCUT2D eigenvalue weighted by Gasteiger charge is 2.43. The van der Waals surface area contributed by atoms with E-state index in [0.717, 1.165) is 6.08 Å². The molecule has 1 saturated heterocycles. The summed E-state index contributed by atoms with van der Waals surface area (Å²) >= 11 is 6.13. The molecule has 2 aromatic carbocycles. The average molecular weight is 373 g/mol. The van der Waals surface area contributed by atoms with Crippen LogP contribution in [0, 0.1) is 0 Å². The van der Waals surface area contributed by atoms with Crippen LogP contribution in [0.4, 0.5) is 10.1 Å². The Kier molecular flexibility index (Phi) is 5.09. The zero-order valence-corrected chi connectivity index (χ0v) is 14.8. The summed E-state index contributed by atoms with van der Waals surface area (Å²) in [6, 6.07) is 13.3. The summed E-state index contributed by atoms with van der Waals surface area (Å²) in [5.41, 5.74) is -0.389. The molecule has 6 heteroatoms. The van der Waals surface area contributed by atoms with Gasteiger partial charge in [0.05, 0.1) is 6.54 Å². The molecule has 0 spiro atoms. The van der Waals surface area contributed by atoms with Crippen LogP contribution in [-0.4, -0.2) is 29.8 Å². The second-order valence-electron chi connectivity index (χ2n) is 6.20. The molecule has 1 fully saturated rings. The zero-order valence-electron chi connectivity index (χ0n) is 14.0. The van der Waals surface area contributed by atoms with Crippen molar-refractivity contribution in [1.29, 1.82) is 0 Å². The fraction of sp³-hybridized carbons (Fsp3) is 0.200. The van der Waals surface area contributed by atoms with Crippen LogP contribution in [0.25, 0.3) is 0 Å². The zero-order chi connectivity index (χ0) is 18.7. The van der Waals surface area contributed by atoms with Crippen molar-refractivity contribution in [2.75, 3.05) is 18.4 Å². The summed E-state index contributed by atoms with van der Waals surface area (Å²) in [6.07, 6.45) is 1.34. The van der Waals surface area contributed by atoms with Crippen molar-refractivity contribution in [2.24, 2.45) is 0 Å². The Morgan fingerprint density at radius 1 is 1.23 bits per heavy atom. The van der Waals surface area contributed by atoms with Crippen molar-refractivity contribution in [3.63, 3.8) is 0 Å². The van der Waals surface area contributed by atoms with E-state index in [9.17, 15) is 9.59 Å². The number of carbonyl (C=O) groups is 2. The van der Waals surface area contributed by atoms with E-state index in [1.165, 1.54) is 4.90 Å². The number of nitrogens with zero attached hydrogens (tertiary/aromatic N) is 1. The Hall–Kier alpha value is -2.66. The third kappa shape index (κ3) is 3.63. The van der Waals surface area contributed by atoms with E-state index >= 15 is 4.39 Å². The van der Waals surface area contributed by atoms with Gasteiger partial charge >= 0.3 is 0 Å². The molecule has 4 nitrogen and oxygen atoms in total. The number of alkyl halides is 1. The van der Waals surface area contributed by atoms with Crippen LogP contribution in [0.2, 0.25) is 5.02 Å². The van der Waals surface area contributed by atoms with Crippen LogP contribution in [0.5, 0.6) is 0 Å².